The Morgan fingerprint density at radius 3 is 3.00 bits per heavy atom. The molecule has 0 radical (unpaired) electrons. The topological polar surface area (TPSA) is 29.1 Å². The van der Waals surface area contributed by atoms with E-state index in [1.165, 1.54) is 11.1 Å². The molecule has 1 N–H and O–H groups in total. The summed E-state index contributed by atoms with van der Waals surface area (Å²) in [6.45, 7) is 7.67. The van der Waals surface area contributed by atoms with E-state index in [2.05, 4.69) is 18.0 Å². The fourth-order valence-corrected chi connectivity index (χ4v) is 2.25. The van der Waals surface area contributed by atoms with Gasteiger partial charge in [0.1, 0.15) is 0 Å². The first-order valence-corrected chi connectivity index (χ1v) is 6.17. The molecule has 1 aliphatic rings. The minimum atomic E-state index is 0.256. The lowest BCUT2D eigenvalue weighted by Gasteiger charge is -2.19. The second kappa shape index (κ2) is 5.28. The quantitative estimate of drug-likeness (QED) is 0.635. The summed E-state index contributed by atoms with van der Waals surface area (Å²) >= 11 is 0. The Bertz CT molecular complexity index is 448. The minimum absolute atomic E-state index is 0.256. The van der Waals surface area contributed by atoms with E-state index in [1.807, 2.05) is 19.1 Å². The van der Waals surface area contributed by atoms with Gasteiger partial charge in [0.2, 0.25) is 0 Å². The van der Waals surface area contributed by atoms with Crippen molar-refractivity contribution in [3.8, 4) is 0 Å². The van der Waals surface area contributed by atoms with Gasteiger partial charge in [-0.15, -0.1) is 6.58 Å². The van der Waals surface area contributed by atoms with E-state index in [1.54, 1.807) is 0 Å². The van der Waals surface area contributed by atoms with Crippen LogP contribution in [0.5, 0.6) is 0 Å². The molecule has 1 heterocycles. The first-order chi connectivity index (χ1) is 8.18. The second-order valence-corrected chi connectivity index (χ2v) is 4.75. The molecule has 90 valence electrons. The van der Waals surface area contributed by atoms with Crippen LogP contribution in [0.1, 0.15) is 41.3 Å². The average molecular weight is 229 g/mol. The Balaban J connectivity index is 2.20. The lowest BCUT2D eigenvalue weighted by molar-refractivity contribution is 0.0981. The van der Waals surface area contributed by atoms with E-state index in [0.717, 1.165) is 37.1 Å². The molecule has 1 aromatic rings. The van der Waals surface area contributed by atoms with Crippen molar-refractivity contribution in [2.45, 2.75) is 32.7 Å². The van der Waals surface area contributed by atoms with Gasteiger partial charge in [0.25, 0.3) is 0 Å². The summed E-state index contributed by atoms with van der Waals surface area (Å²) in [7, 11) is 0. The molecule has 2 heteroatoms. The van der Waals surface area contributed by atoms with Crippen LogP contribution < -0.4 is 5.32 Å². The number of hydrogen-bond acceptors (Lipinski definition) is 2. The Morgan fingerprint density at radius 2 is 2.24 bits per heavy atom. The highest BCUT2D eigenvalue weighted by molar-refractivity contribution is 5.98. The molecule has 0 aromatic heterocycles. The number of carbonyl (C=O) groups is 1. The van der Waals surface area contributed by atoms with Crippen LogP contribution >= 0.6 is 0 Å². The van der Waals surface area contributed by atoms with Gasteiger partial charge in [0.05, 0.1) is 0 Å². The van der Waals surface area contributed by atoms with Gasteiger partial charge in [-0.2, -0.15) is 0 Å². The standard InChI is InChI=1S/C15H19NO/c1-11(2)6-7-15(17)14-5-3-4-12-10-16-9-8-13(12)14/h3-5,16H,1,6-10H2,2H3. The maximum atomic E-state index is 12.2. The zero-order valence-corrected chi connectivity index (χ0v) is 10.4. The van der Waals surface area contributed by atoms with Crippen molar-refractivity contribution in [3.63, 3.8) is 0 Å². The summed E-state index contributed by atoms with van der Waals surface area (Å²) in [5.41, 5.74) is 4.52. The van der Waals surface area contributed by atoms with Gasteiger partial charge in [0, 0.05) is 18.5 Å². The Kier molecular flexibility index (Phi) is 3.75. The maximum Gasteiger partial charge on any atom is 0.163 e. The molecule has 17 heavy (non-hydrogen) atoms. The van der Waals surface area contributed by atoms with Crippen LogP contribution in [0.25, 0.3) is 0 Å². The third kappa shape index (κ3) is 2.83. The number of hydrogen-bond donors (Lipinski definition) is 1. The van der Waals surface area contributed by atoms with E-state index in [9.17, 15) is 4.79 Å². The number of carbonyl (C=O) groups excluding carboxylic acids is 1. The van der Waals surface area contributed by atoms with Crippen molar-refractivity contribution >= 4 is 5.78 Å². The van der Waals surface area contributed by atoms with Crippen LogP contribution in [0.15, 0.2) is 30.4 Å². The largest absolute Gasteiger partial charge is 0.312 e. The van der Waals surface area contributed by atoms with Gasteiger partial charge in [-0.3, -0.25) is 4.79 Å². The summed E-state index contributed by atoms with van der Waals surface area (Å²) in [4.78, 5) is 12.2. The van der Waals surface area contributed by atoms with E-state index in [-0.39, 0.29) is 5.78 Å². The molecule has 1 aliphatic heterocycles. The molecule has 0 amide bonds. The minimum Gasteiger partial charge on any atom is -0.312 e. The third-order valence-corrected chi connectivity index (χ3v) is 3.22. The number of benzene rings is 1. The molecule has 0 atom stereocenters. The SMILES string of the molecule is C=C(C)CCC(=O)c1cccc2c1CCNC2. The molecular weight excluding hydrogens is 210 g/mol. The average Bonchev–Trinajstić information content (AvgIpc) is 2.35. The Labute approximate surface area is 103 Å². The molecule has 0 spiro atoms. The summed E-state index contributed by atoms with van der Waals surface area (Å²) in [6, 6.07) is 6.06. The monoisotopic (exact) mass is 229 g/mol. The van der Waals surface area contributed by atoms with E-state index >= 15 is 0 Å². The van der Waals surface area contributed by atoms with Crippen LogP contribution in [0.4, 0.5) is 0 Å². The highest BCUT2D eigenvalue weighted by Gasteiger charge is 2.16. The zero-order chi connectivity index (χ0) is 12.3. The molecule has 2 nitrogen and oxygen atoms in total. The van der Waals surface area contributed by atoms with Crippen LogP contribution in [-0.2, 0) is 13.0 Å². The lowest BCUT2D eigenvalue weighted by atomic mass is 9.91. The van der Waals surface area contributed by atoms with Gasteiger partial charge >= 0.3 is 0 Å². The first kappa shape index (κ1) is 12.1. The van der Waals surface area contributed by atoms with E-state index in [0.29, 0.717) is 6.42 Å². The Morgan fingerprint density at radius 1 is 1.41 bits per heavy atom. The first-order valence-electron chi connectivity index (χ1n) is 6.17. The van der Waals surface area contributed by atoms with Crippen molar-refractivity contribution < 1.29 is 4.79 Å². The van der Waals surface area contributed by atoms with Gasteiger partial charge in [-0.1, -0.05) is 23.8 Å². The predicted molar refractivity (Wildman–Crippen MR) is 70.2 cm³/mol. The molecule has 0 unspecified atom stereocenters. The zero-order valence-electron chi connectivity index (χ0n) is 10.4. The smallest absolute Gasteiger partial charge is 0.163 e. The van der Waals surface area contributed by atoms with Crippen molar-refractivity contribution in [2.75, 3.05) is 6.54 Å². The molecule has 0 bridgehead atoms. The lowest BCUT2D eigenvalue weighted by Crippen LogP contribution is -2.25. The van der Waals surface area contributed by atoms with Crippen molar-refractivity contribution in [2.24, 2.45) is 0 Å². The van der Waals surface area contributed by atoms with Crippen molar-refractivity contribution in [1.29, 1.82) is 0 Å². The summed E-state index contributed by atoms with van der Waals surface area (Å²) in [6.07, 6.45) is 2.34. The molecule has 0 saturated carbocycles. The number of Topliss-reactive ketones (excluding diaryl/α,β-unsaturated/α-hetero) is 1. The van der Waals surface area contributed by atoms with Gasteiger partial charge < -0.3 is 5.32 Å². The fourth-order valence-electron chi connectivity index (χ4n) is 2.25. The van der Waals surface area contributed by atoms with Crippen molar-refractivity contribution in [3.05, 3.63) is 47.0 Å². The second-order valence-electron chi connectivity index (χ2n) is 4.75. The van der Waals surface area contributed by atoms with E-state index in [4.69, 9.17) is 0 Å². The van der Waals surface area contributed by atoms with Crippen LogP contribution in [0.3, 0.4) is 0 Å². The van der Waals surface area contributed by atoms with Crippen molar-refractivity contribution in [1.82, 2.24) is 5.32 Å². The molecular formula is C15H19NO. The van der Waals surface area contributed by atoms with Gasteiger partial charge in [-0.25, -0.2) is 0 Å². The molecule has 1 aromatic carbocycles. The Hall–Kier alpha value is -1.41. The van der Waals surface area contributed by atoms with Gasteiger partial charge in [0.15, 0.2) is 5.78 Å². The third-order valence-electron chi connectivity index (χ3n) is 3.22. The summed E-state index contributed by atoms with van der Waals surface area (Å²) in [5.74, 6) is 0.256. The highest BCUT2D eigenvalue weighted by Crippen LogP contribution is 2.20. The van der Waals surface area contributed by atoms with Crippen LogP contribution in [0, 0.1) is 0 Å². The predicted octanol–water partition coefficient (Wildman–Crippen LogP) is 2.87. The fraction of sp³-hybridized carbons (Fsp3) is 0.400. The molecule has 0 aliphatic carbocycles. The van der Waals surface area contributed by atoms with Crippen LogP contribution in [0.2, 0.25) is 0 Å². The number of allylic oxidation sites excluding steroid dienone is 1. The molecule has 0 saturated heterocycles. The number of rotatable bonds is 4. The normalized spacial score (nSPS) is 14.2. The van der Waals surface area contributed by atoms with Crippen LogP contribution in [-0.4, -0.2) is 12.3 Å². The number of ketones is 1. The molecule has 0 fully saturated rings. The molecule has 2 rings (SSSR count). The van der Waals surface area contributed by atoms with Gasteiger partial charge in [-0.05, 0) is 37.4 Å². The highest BCUT2D eigenvalue weighted by atomic mass is 16.1. The summed E-state index contributed by atoms with van der Waals surface area (Å²) < 4.78 is 0. The number of nitrogens with one attached hydrogen (secondary N) is 1. The maximum absolute atomic E-state index is 12.2. The van der Waals surface area contributed by atoms with E-state index < -0.39 is 0 Å². The summed E-state index contributed by atoms with van der Waals surface area (Å²) in [5, 5.41) is 3.33. The number of fused-ring (bicyclic) bond motifs is 1.